The van der Waals surface area contributed by atoms with E-state index in [4.69, 9.17) is 9.47 Å². The van der Waals surface area contributed by atoms with Crippen molar-refractivity contribution in [3.63, 3.8) is 0 Å². The summed E-state index contributed by atoms with van der Waals surface area (Å²) in [6.07, 6.45) is 7.55. The molecular weight excluding hydrogens is 312 g/mol. The van der Waals surface area contributed by atoms with Gasteiger partial charge in [-0.2, -0.15) is 0 Å². The van der Waals surface area contributed by atoms with Crippen LogP contribution >= 0.6 is 0 Å². The van der Waals surface area contributed by atoms with E-state index in [0.29, 0.717) is 29.6 Å². The summed E-state index contributed by atoms with van der Waals surface area (Å²) in [6.45, 7) is 9.35. The Labute approximate surface area is 153 Å². The van der Waals surface area contributed by atoms with Crippen molar-refractivity contribution < 1.29 is 14.6 Å². The van der Waals surface area contributed by atoms with E-state index in [1.54, 1.807) is 14.2 Å². The van der Waals surface area contributed by atoms with Crippen LogP contribution in [0.1, 0.15) is 58.8 Å². The van der Waals surface area contributed by atoms with Gasteiger partial charge in [0, 0.05) is 32.5 Å². The molecule has 0 aliphatic heterocycles. The molecule has 0 aromatic rings. The normalized spacial score (nSPS) is 51.6. The summed E-state index contributed by atoms with van der Waals surface area (Å²) in [7, 11) is 3.59. The maximum Gasteiger partial charge on any atom is 0.167 e. The first kappa shape index (κ1) is 18.0. The maximum atomic E-state index is 10.7. The van der Waals surface area contributed by atoms with Crippen molar-refractivity contribution in [1.29, 1.82) is 0 Å². The van der Waals surface area contributed by atoms with Crippen molar-refractivity contribution in [2.75, 3.05) is 14.2 Å². The third-order valence-corrected chi connectivity index (χ3v) is 8.89. The topological polar surface area (TPSA) is 38.7 Å². The molecule has 4 saturated carbocycles. The highest BCUT2D eigenvalue weighted by Crippen LogP contribution is 2.65. The van der Waals surface area contributed by atoms with Gasteiger partial charge in [0.2, 0.25) is 0 Å². The standard InChI is InChI=1S/C22H36O3/c1-13-10-15-12-22(24-4,25-5)9-8-16(15)19-14(2)11-21(3)17(20(13)19)6-7-18(21)23/h13,15-20,23H,2,6-12H2,1,3-5H3/t13?,15?,16?,17?,18-,19?,20?,21-/m0/s1. The van der Waals surface area contributed by atoms with Crippen LogP contribution < -0.4 is 0 Å². The van der Waals surface area contributed by atoms with Crippen LogP contribution in [0.2, 0.25) is 0 Å². The maximum absolute atomic E-state index is 10.7. The summed E-state index contributed by atoms with van der Waals surface area (Å²) in [5.41, 5.74) is 1.49. The van der Waals surface area contributed by atoms with E-state index < -0.39 is 0 Å². The quantitative estimate of drug-likeness (QED) is 0.594. The summed E-state index contributed by atoms with van der Waals surface area (Å²) in [5.74, 6) is 3.76. The number of hydrogen-bond acceptors (Lipinski definition) is 3. The summed E-state index contributed by atoms with van der Waals surface area (Å²) in [6, 6.07) is 0. The fourth-order valence-electron chi connectivity index (χ4n) is 7.69. The van der Waals surface area contributed by atoms with E-state index in [0.717, 1.165) is 31.6 Å². The Morgan fingerprint density at radius 2 is 1.88 bits per heavy atom. The lowest BCUT2D eigenvalue weighted by Crippen LogP contribution is -2.55. The molecule has 0 radical (unpaired) electrons. The smallest absolute Gasteiger partial charge is 0.167 e. The highest BCUT2D eigenvalue weighted by atomic mass is 16.7. The van der Waals surface area contributed by atoms with Gasteiger partial charge in [0.15, 0.2) is 5.79 Å². The summed E-state index contributed by atoms with van der Waals surface area (Å²) < 4.78 is 11.6. The van der Waals surface area contributed by atoms with Gasteiger partial charge < -0.3 is 14.6 Å². The average molecular weight is 349 g/mol. The number of rotatable bonds is 2. The molecule has 0 spiro atoms. The van der Waals surface area contributed by atoms with E-state index in [2.05, 4.69) is 20.4 Å². The zero-order valence-corrected chi connectivity index (χ0v) is 16.5. The molecule has 0 aromatic carbocycles. The first-order valence-corrected chi connectivity index (χ1v) is 10.3. The summed E-state index contributed by atoms with van der Waals surface area (Å²) in [4.78, 5) is 0. The molecular formula is C22H36O3. The highest BCUT2D eigenvalue weighted by Gasteiger charge is 2.60. The summed E-state index contributed by atoms with van der Waals surface area (Å²) in [5, 5.41) is 10.7. The van der Waals surface area contributed by atoms with E-state index >= 15 is 0 Å². The summed E-state index contributed by atoms with van der Waals surface area (Å²) >= 11 is 0. The minimum atomic E-state index is -0.373. The molecule has 1 N–H and O–H groups in total. The Morgan fingerprint density at radius 3 is 2.56 bits per heavy atom. The Hall–Kier alpha value is -0.380. The second kappa shape index (κ2) is 6.07. The SMILES string of the molecule is C=C1C[C@@]2(C)C(CC[C@@H]2O)C2C(C)CC3CC(OC)(OC)CCC3C12. The van der Waals surface area contributed by atoms with Gasteiger partial charge in [-0.15, -0.1) is 0 Å². The van der Waals surface area contributed by atoms with Gasteiger partial charge in [-0.05, 0) is 67.6 Å². The third-order valence-electron chi connectivity index (χ3n) is 8.89. The predicted octanol–water partition coefficient (Wildman–Crippen LogP) is 4.40. The fourth-order valence-corrected chi connectivity index (χ4v) is 7.69. The van der Waals surface area contributed by atoms with E-state index in [9.17, 15) is 5.11 Å². The number of ether oxygens (including phenoxy) is 2. The number of methoxy groups -OCH3 is 2. The van der Waals surface area contributed by atoms with Crippen molar-refractivity contribution in [2.24, 2.45) is 40.9 Å². The van der Waals surface area contributed by atoms with Crippen LogP contribution in [0.3, 0.4) is 0 Å². The molecule has 3 heteroatoms. The van der Waals surface area contributed by atoms with Crippen LogP contribution in [0.15, 0.2) is 12.2 Å². The van der Waals surface area contributed by atoms with Gasteiger partial charge in [0.25, 0.3) is 0 Å². The van der Waals surface area contributed by atoms with Crippen LogP contribution in [0.25, 0.3) is 0 Å². The van der Waals surface area contributed by atoms with E-state index in [1.165, 1.54) is 24.8 Å². The van der Waals surface area contributed by atoms with Crippen LogP contribution in [-0.4, -0.2) is 31.2 Å². The van der Waals surface area contributed by atoms with Gasteiger partial charge in [0.05, 0.1) is 6.10 Å². The van der Waals surface area contributed by atoms with E-state index in [1.807, 2.05) is 0 Å². The minimum Gasteiger partial charge on any atom is -0.393 e. The van der Waals surface area contributed by atoms with Gasteiger partial charge >= 0.3 is 0 Å². The lowest BCUT2D eigenvalue weighted by atomic mass is 9.46. The molecule has 142 valence electrons. The molecule has 4 rings (SSSR count). The monoisotopic (exact) mass is 348 g/mol. The molecule has 3 nitrogen and oxygen atoms in total. The molecule has 4 aliphatic rings. The van der Waals surface area contributed by atoms with Crippen LogP contribution in [-0.2, 0) is 9.47 Å². The molecule has 0 amide bonds. The molecule has 8 atom stereocenters. The third kappa shape index (κ3) is 2.49. The number of fused-ring (bicyclic) bond motifs is 5. The van der Waals surface area contributed by atoms with Gasteiger partial charge in [-0.1, -0.05) is 26.0 Å². The number of allylic oxidation sites excluding steroid dienone is 1. The Balaban J connectivity index is 1.64. The Kier molecular flexibility index (Phi) is 4.37. The predicted molar refractivity (Wildman–Crippen MR) is 98.9 cm³/mol. The van der Waals surface area contributed by atoms with Crippen LogP contribution in [0.5, 0.6) is 0 Å². The van der Waals surface area contributed by atoms with Crippen molar-refractivity contribution in [3.05, 3.63) is 12.2 Å². The van der Waals surface area contributed by atoms with Gasteiger partial charge in [0.1, 0.15) is 0 Å². The molecule has 25 heavy (non-hydrogen) atoms. The van der Waals surface area contributed by atoms with Crippen molar-refractivity contribution >= 4 is 0 Å². The van der Waals surface area contributed by atoms with Crippen molar-refractivity contribution in [1.82, 2.24) is 0 Å². The zero-order valence-electron chi connectivity index (χ0n) is 16.5. The first-order valence-electron chi connectivity index (χ1n) is 10.3. The van der Waals surface area contributed by atoms with Gasteiger partial charge in [-0.25, -0.2) is 0 Å². The van der Waals surface area contributed by atoms with Crippen LogP contribution in [0.4, 0.5) is 0 Å². The first-order chi connectivity index (χ1) is 11.8. The molecule has 0 bridgehead atoms. The average Bonchev–Trinajstić information content (AvgIpc) is 2.88. The number of aliphatic hydroxyl groups is 1. The minimum absolute atomic E-state index is 0.0663. The molecule has 4 fully saturated rings. The molecule has 0 aromatic heterocycles. The fraction of sp³-hybridized carbons (Fsp3) is 0.909. The molecule has 0 heterocycles. The van der Waals surface area contributed by atoms with Crippen molar-refractivity contribution in [3.8, 4) is 0 Å². The molecule has 4 aliphatic carbocycles. The lowest BCUT2D eigenvalue weighted by Gasteiger charge is -2.59. The number of hydrogen-bond donors (Lipinski definition) is 1. The Bertz CT molecular complexity index is 539. The molecule has 0 saturated heterocycles. The second-order valence-corrected chi connectivity index (χ2v) is 9.84. The van der Waals surface area contributed by atoms with E-state index in [-0.39, 0.29) is 17.3 Å². The van der Waals surface area contributed by atoms with Crippen LogP contribution in [0, 0.1) is 40.9 Å². The zero-order chi connectivity index (χ0) is 18.0. The largest absolute Gasteiger partial charge is 0.393 e. The second-order valence-electron chi connectivity index (χ2n) is 9.84. The Morgan fingerprint density at radius 1 is 1.16 bits per heavy atom. The highest BCUT2D eigenvalue weighted by molar-refractivity contribution is 5.21. The van der Waals surface area contributed by atoms with Gasteiger partial charge in [-0.3, -0.25) is 0 Å². The molecule has 6 unspecified atom stereocenters. The number of aliphatic hydroxyl groups excluding tert-OH is 1. The lowest BCUT2D eigenvalue weighted by molar-refractivity contribution is -0.247. The van der Waals surface area contributed by atoms with Crippen molar-refractivity contribution in [2.45, 2.75) is 70.7 Å².